The Morgan fingerprint density at radius 3 is 2.40 bits per heavy atom. The molecule has 1 aliphatic rings. The highest BCUT2D eigenvalue weighted by Gasteiger charge is 2.43. The van der Waals surface area contributed by atoms with Crippen LogP contribution in [0.1, 0.15) is 51.0 Å². The van der Waals surface area contributed by atoms with Crippen LogP contribution in [-0.2, 0) is 30.6 Å². The van der Waals surface area contributed by atoms with Gasteiger partial charge < -0.3 is 11.1 Å². The average Bonchev–Trinajstić information content (AvgIpc) is 3.41. The number of pyridine rings is 1. The molecule has 1 unspecified atom stereocenters. The second kappa shape index (κ2) is 11.5. The summed E-state index contributed by atoms with van der Waals surface area (Å²) in [7, 11) is 0. The van der Waals surface area contributed by atoms with Gasteiger partial charge in [0.25, 0.3) is 18.3 Å². The van der Waals surface area contributed by atoms with Gasteiger partial charge in [0.15, 0.2) is 0 Å². The molecule has 0 radical (unpaired) electrons. The van der Waals surface area contributed by atoms with Crippen LogP contribution in [0.5, 0.6) is 0 Å². The van der Waals surface area contributed by atoms with Crippen molar-refractivity contribution in [2.45, 2.75) is 44.2 Å². The molecule has 2 aromatic carbocycles. The lowest BCUT2D eigenvalue weighted by Gasteiger charge is -2.22. The van der Waals surface area contributed by atoms with Gasteiger partial charge in [-0.25, -0.2) is 30.7 Å². The first-order valence-electron chi connectivity index (χ1n) is 12.8. The van der Waals surface area contributed by atoms with Gasteiger partial charge in [-0.2, -0.15) is 5.10 Å². The van der Waals surface area contributed by atoms with Crippen LogP contribution in [0.3, 0.4) is 0 Å². The maximum Gasteiger partial charge on any atom is 0.282 e. The number of nitrogens with zero attached hydrogens (tertiary/aromatic N) is 3. The number of primary amides is 1. The largest absolute Gasteiger partial charge is 0.366 e. The molecule has 1 atom stereocenters. The molecule has 14 heteroatoms. The topological polar surface area (TPSA) is 103 Å². The summed E-state index contributed by atoms with van der Waals surface area (Å²) in [5, 5.41) is 6.33. The number of benzene rings is 2. The van der Waals surface area contributed by atoms with Crippen LogP contribution in [0.4, 0.5) is 30.7 Å². The van der Waals surface area contributed by atoms with Gasteiger partial charge in [-0.15, -0.1) is 0 Å². The summed E-state index contributed by atoms with van der Waals surface area (Å²) in [5.74, 6) is -7.82. The van der Waals surface area contributed by atoms with E-state index in [1.165, 1.54) is 24.4 Å². The highest BCUT2D eigenvalue weighted by molar-refractivity contribution is 5.94. The van der Waals surface area contributed by atoms with Gasteiger partial charge in [0, 0.05) is 35.5 Å². The number of halogens is 7. The zero-order valence-electron chi connectivity index (χ0n) is 22.1. The molecule has 2 heterocycles. The van der Waals surface area contributed by atoms with Gasteiger partial charge in [-0.1, -0.05) is 12.1 Å². The first-order valence-corrected chi connectivity index (χ1v) is 12.8. The number of rotatable bonds is 9. The van der Waals surface area contributed by atoms with E-state index in [-0.39, 0.29) is 34.5 Å². The predicted octanol–water partition coefficient (Wildman–Crippen LogP) is 5.23. The van der Waals surface area contributed by atoms with Crippen LogP contribution in [0.15, 0.2) is 54.7 Å². The molecular weight excluding hydrogens is 583 g/mol. The number of hydrogen-bond acceptors (Lipinski definition) is 4. The number of carbonyl (C=O) groups excluding carboxylic acids is 2. The molecular formula is C29H22F7N5O2. The number of carbonyl (C=O) groups is 2. The van der Waals surface area contributed by atoms with Crippen molar-refractivity contribution in [3.05, 3.63) is 106 Å². The summed E-state index contributed by atoms with van der Waals surface area (Å²) in [6, 6.07) is 8.18. The molecule has 7 nitrogen and oxygen atoms in total. The Bertz CT molecular complexity index is 1700. The van der Waals surface area contributed by atoms with E-state index >= 15 is 0 Å². The lowest BCUT2D eigenvalue weighted by molar-refractivity contribution is -0.122. The fourth-order valence-electron chi connectivity index (χ4n) is 5.19. The van der Waals surface area contributed by atoms with E-state index in [4.69, 9.17) is 5.73 Å². The smallest absolute Gasteiger partial charge is 0.282 e. The summed E-state index contributed by atoms with van der Waals surface area (Å²) < 4.78 is 98.2. The number of fused-ring (bicyclic) bond motifs is 1. The van der Waals surface area contributed by atoms with Crippen molar-refractivity contribution in [3.8, 4) is 11.1 Å². The van der Waals surface area contributed by atoms with E-state index in [1.54, 1.807) is 6.07 Å². The summed E-state index contributed by atoms with van der Waals surface area (Å²) in [4.78, 5) is 29.3. The summed E-state index contributed by atoms with van der Waals surface area (Å²) in [5.41, 5.74) is 4.34. The second-order valence-corrected chi connectivity index (χ2v) is 10.1. The molecule has 0 spiro atoms. The van der Waals surface area contributed by atoms with Crippen molar-refractivity contribution in [2.24, 2.45) is 5.73 Å². The average molecular weight is 606 g/mol. The summed E-state index contributed by atoms with van der Waals surface area (Å²) in [6.07, 6.45) is -3.82. The molecule has 0 bridgehead atoms. The minimum Gasteiger partial charge on any atom is -0.366 e. The fraction of sp³-hybridized carbons (Fsp3) is 0.241. The molecule has 3 N–H and O–H groups in total. The Labute approximate surface area is 239 Å². The van der Waals surface area contributed by atoms with Crippen molar-refractivity contribution in [1.82, 2.24) is 20.1 Å². The Kier molecular flexibility index (Phi) is 7.95. The van der Waals surface area contributed by atoms with Gasteiger partial charge in [0.2, 0.25) is 5.91 Å². The zero-order chi connectivity index (χ0) is 31.1. The number of amides is 2. The highest BCUT2D eigenvalue weighted by Crippen LogP contribution is 2.39. The molecule has 0 fully saturated rings. The Morgan fingerprint density at radius 1 is 1.00 bits per heavy atom. The van der Waals surface area contributed by atoms with Crippen molar-refractivity contribution in [3.63, 3.8) is 0 Å². The highest BCUT2D eigenvalue weighted by atomic mass is 19.3. The molecule has 0 saturated heterocycles. The molecule has 5 rings (SSSR count). The zero-order valence-corrected chi connectivity index (χ0v) is 22.1. The minimum atomic E-state index is -3.28. The molecule has 2 amide bonds. The van der Waals surface area contributed by atoms with Crippen molar-refractivity contribution in [1.29, 1.82) is 0 Å². The maximum absolute atomic E-state index is 14.2. The fourth-order valence-corrected chi connectivity index (χ4v) is 5.19. The summed E-state index contributed by atoms with van der Waals surface area (Å²) in [6.45, 7) is -0.719. The van der Waals surface area contributed by atoms with Crippen LogP contribution >= 0.6 is 0 Å². The van der Waals surface area contributed by atoms with Gasteiger partial charge in [-0.3, -0.25) is 19.3 Å². The van der Waals surface area contributed by atoms with E-state index in [2.05, 4.69) is 15.4 Å². The number of hydrogen-bond donors (Lipinski definition) is 2. The third-order valence-corrected chi connectivity index (χ3v) is 6.97. The van der Waals surface area contributed by atoms with E-state index in [0.717, 1.165) is 22.9 Å². The van der Waals surface area contributed by atoms with Gasteiger partial charge >= 0.3 is 0 Å². The van der Waals surface area contributed by atoms with Crippen molar-refractivity contribution < 1.29 is 40.3 Å². The van der Waals surface area contributed by atoms with Gasteiger partial charge in [-0.05, 0) is 47.9 Å². The lowest BCUT2D eigenvalue weighted by Crippen LogP contribution is -2.34. The molecule has 0 aliphatic heterocycles. The predicted molar refractivity (Wildman–Crippen MR) is 139 cm³/mol. The molecule has 0 saturated carbocycles. The standard InChI is InChI=1S/C29H22F7N5O2/c30-16-6-14(7-17(31)10-16)8-22(25-18(2-1-5-38-25)15-3-4-21(32)19(9-15)28(37)43)39-24(42)13-41-23-12-29(35,36)11-20(23)26(40-41)27(33)34/h1-7,9-10,22,27H,8,11-13H2,(H2,37,43)(H,39,42). The van der Waals surface area contributed by atoms with Crippen LogP contribution < -0.4 is 11.1 Å². The SMILES string of the molecule is NC(=O)c1cc(-c2cccnc2C(Cc2cc(F)cc(F)c2)NC(=O)Cn2nc(C(F)F)c3c2CC(F)(F)C3)ccc1F. The van der Waals surface area contributed by atoms with Crippen molar-refractivity contribution in [2.75, 3.05) is 0 Å². The van der Waals surface area contributed by atoms with Crippen molar-refractivity contribution >= 4 is 11.8 Å². The molecule has 4 aromatic rings. The Hall–Kier alpha value is -4.75. The van der Waals surface area contributed by atoms with Crippen LogP contribution in [0.2, 0.25) is 0 Å². The molecule has 2 aromatic heterocycles. The van der Waals surface area contributed by atoms with E-state index in [0.29, 0.717) is 11.6 Å². The van der Waals surface area contributed by atoms with Gasteiger partial charge in [0.1, 0.15) is 29.7 Å². The van der Waals surface area contributed by atoms with Crippen LogP contribution in [-0.4, -0.2) is 32.5 Å². The first kappa shape index (κ1) is 29.7. The van der Waals surface area contributed by atoms with E-state index in [1.807, 2.05) is 0 Å². The third-order valence-electron chi connectivity index (χ3n) is 6.97. The second-order valence-electron chi connectivity index (χ2n) is 10.1. The quantitative estimate of drug-likeness (QED) is 0.255. The molecule has 224 valence electrons. The Morgan fingerprint density at radius 2 is 1.72 bits per heavy atom. The third kappa shape index (κ3) is 6.37. The summed E-state index contributed by atoms with van der Waals surface area (Å²) >= 11 is 0. The Balaban J connectivity index is 1.52. The van der Waals surface area contributed by atoms with Gasteiger partial charge in [0.05, 0.1) is 23.7 Å². The monoisotopic (exact) mass is 605 g/mol. The molecule has 1 aliphatic carbocycles. The number of aromatic nitrogens is 3. The number of nitrogens with two attached hydrogens (primary N) is 1. The molecule has 43 heavy (non-hydrogen) atoms. The van der Waals surface area contributed by atoms with Crippen LogP contribution in [0.25, 0.3) is 11.1 Å². The van der Waals surface area contributed by atoms with Crippen LogP contribution in [0, 0.1) is 17.5 Å². The lowest BCUT2D eigenvalue weighted by atomic mass is 9.94. The normalized spacial score (nSPS) is 14.5. The van der Waals surface area contributed by atoms with E-state index in [9.17, 15) is 40.3 Å². The maximum atomic E-state index is 14.2. The number of alkyl halides is 4. The minimum absolute atomic E-state index is 0.107. The van der Waals surface area contributed by atoms with E-state index < -0.39 is 78.3 Å². The first-order chi connectivity index (χ1) is 20.3. The number of nitrogens with one attached hydrogen (secondary N) is 1.